The average Bonchev–Trinajstić information content (AvgIpc) is 3.09. The molecule has 2 N–H and O–H groups in total. The zero-order chi connectivity index (χ0) is 15.7. The maximum Gasteiger partial charge on any atom is 0.232 e. The van der Waals surface area contributed by atoms with Gasteiger partial charge in [0.05, 0.1) is 11.8 Å². The van der Waals surface area contributed by atoms with Crippen molar-refractivity contribution in [3.63, 3.8) is 0 Å². The van der Waals surface area contributed by atoms with Crippen LogP contribution in [0.25, 0.3) is 11.4 Å². The molecule has 0 saturated carbocycles. The number of hydrogen-bond acceptors (Lipinski definition) is 5. The third-order valence-corrected chi connectivity index (χ3v) is 3.72. The molecule has 1 aromatic carbocycles. The number of benzene rings is 1. The highest BCUT2D eigenvalue weighted by Crippen LogP contribution is 2.29. The van der Waals surface area contributed by atoms with Gasteiger partial charge in [0, 0.05) is 12.5 Å². The van der Waals surface area contributed by atoms with Gasteiger partial charge in [-0.2, -0.15) is 10.1 Å². The molecule has 0 spiro atoms. The molecule has 6 nitrogen and oxygen atoms in total. The smallest absolute Gasteiger partial charge is 0.232 e. The van der Waals surface area contributed by atoms with Crippen LogP contribution in [0.3, 0.4) is 0 Å². The quantitative estimate of drug-likeness (QED) is 0.800. The van der Waals surface area contributed by atoms with E-state index in [0.29, 0.717) is 23.1 Å². The fraction of sp³-hybridized carbons (Fsp3) is 0.312. The SMILES string of the molecule is Cn1ncc(-c2noc(C(C)(C)Cc3ccccc3)n2)c1N. The zero-order valence-corrected chi connectivity index (χ0v) is 12.9. The second-order valence-electron chi connectivity index (χ2n) is 6.04. The fourth-order valence-electron chi connectivity index (χ4n) is 2.41. The van der Waals surface area contributed by atoms with Gasteiger partial charge in [-0.05, 0) is 12.0 Å². The first-order chi connectivity index (χ1) is 10.5. The second kappa shape index (κ2) is 5.29. The number of aryl methyl sites for hydroxylation is 1. The van der Waals surface area contributed by atoms with Gasteiger partial charge in [-0.25, -0.2) is 0 Å². The summed E-state index contributed by atoms with van der Waals surface area (Å²) in [5.41, 5.74) is 7.61. The second-order valence-corrected chi connectivity index (χ2v) is 6.04. The Bertz CT molecular complexity index is 773. The van der Waals surface area contributed by atoms with E-state index in [0.717, 1.165) is 6.42 Å². The molecule has 114 valence electrons. The molecule has 0 radical (unpaired) electrons. The van der Waals surface area contributed by atoms with Crippen LogP contribution in [-0.2, 0) is 18.9 Å². The molecule has 0 unspecified atom stereocenters. The minimum Gasteiger partial charge on any atom is -0.383 e. The van der Waals surface area contributed by atoms with Crippen molar-refractivity contribution in [1.29, 1.82) is 0 Å². The molecule has 22 heavy (non-hydrogen) atoms. The van der Waals surface area contributed by atoms with Crippen LogP contribution < -0.4 is 5.73 Å². The van der Waals surface area contributed by atoms with E-state index >= 15 is 0 Å². The van der Waals surface area contributed by atoms with Crippen molar-refractivity contribution < 1.29 is 4.52 Å². The summed E-state index contributed by atoms with van der Waals surface area (Å²) in [4.78, 5) is 4.51. The number of rotatable bonds is 4. The molecule has 0 bridgehead atoms. The van der Waals surface area contributed by atoms with E-state index in [4.69, 9.17) is 10.3 Å². The predicted molar refractivity (Wildman–Crippen MR) is 84.1 cm³/mol. The molecule has 3 aromatic rings. The fourth-order valence-corrected chi connectivity index (χ4v) is 2.41. The van der Waals surface area contributed by atoms with Crippen LogP contribution >= 0.6 is 0 Å². The Balaban J connectivity index is 1.88. The van der Waals surface area contributed by atoms with E-state index < -0.39 is 0 Å². The van der Waals surface area contributed by atoms with Crippen molar-refractivity contribution in [2.45, 2.75) is 25.7 Å². The Morgan fingerprint density at radius 2 is 1.95 bits per heavy atom. The van der Waals surface area contributed by atoms with Gasteiger partial charge in [0.2, 0.25) is 11.7 Å². The molecule has 0 amide bonds. The Morgan fingerprint density at radius 3 is 2.59 bits per heavy atom. The van der Waals surface area contributed by atoms with Gasteiger partial charge in [-0.15, -0.1) is 0 Å². The lowest BCUT2D eigenvalue weighted by Crippen LogP contribution is -2.21. The Labute approximate surface area is 129 Å². The standard InChI is InChI=1S/C16H19N5O/c1-16(2,9-11-7-5-4-6-8-11)15-19-14(20-22-15)12-10-18-21(3)13(12)17/h4-8,10H,9,17H2,1-3H3. The molecular weight excluding hydrogens is 278 g/mol. The maximum atomic E-state index is 5.96. The summed E-state index contributed by atoms with van der Waals surface area (Å²) in [6, 6.07) is 10.3. The first kappa shape index (κ1) is 14.3. The monoisotopic (exact) mass is 297 g/mol. The highest BCUT2D eigenvalue weighted by molar-refractivity contribution is 5.67. The van der Waals surface area contributed by atoms with Gasteiger partial charge in [0.25, 0.3) is 0 Å². The van der Waals surface area contributed by atoms with Gasteiger partial charge in [-0.1, -0.05) is 49.3 Å². The summed E-state index contributed by atoms with van der Waals surface area (Å²) in [6.07, 6.45) is 2.46. The summed E-state index contributed by atoms with van der Waals surface area (Å²) < 4.78 is 7.05. The van der Waals surface area contributed by atoms with Crippen LogP contribution in [0.4, 0.5) is 5.82 Å². The lowest BCUT2D eigenvalue weighted by Gasteiger charge is -2.19. The van der Waals surface area contributed by atoms with Crippen molar-refractivity contribution in [2.75, 3.05) is 5.73 Å². The molecule has 0 saturated heterocycles. The minimum atomic E-state index is -0.260. The van der Waals surface area contributed by atoms with Crippen LogP contribution in [0.1, 0.15) is 25.3 Å². The van der Waals surface area contributed by atoms with E-state index in [1.807, 2.05) is 18.2 Å². The number of anilines is 1. The maximum absolute atomic E-state index is 5.96. The molecule has 6 heteroatoms. The van der Waals surface area contributed by atoms with Crippen molar-refractivity contribution in [2.24, 2.45) is 7.05 Å². The van der Waals surface area contributed by atoms with Crippen LogP contribution in [0.5, 0.6) is 0 Å². The Hall–Kier alpha value is -2.63. The number of nitrogens with zero attached hydrogens (tertiary/aromatic N) is 4. The molecule has 2 heterocycles. The minimum absolute atomic E-state index is 0.260. The number of aromatic nitrogens is 4. The highest BCUT2D eigenvalue weighted by Gasteiger charge is 2.29. The predicted octanol–water partition coefficient (Wildman–Crippen LogP) is 2.57. The van der Waals surface area contributed by atoms with Crippen LogP contribution in [0.2, 0.25) is 0 Å². The van der Waals surface area contributed by atoms with E-state index in [-0.39, 0.29) is 5.41 Å². The van der Waals surface area contributed by atoms with Crippen LogP contribution in [-0.4, -0.2) is 19.9 Å². The average molecular weight is 297 g/mol. The van der Waals surface area contributed by atoms with E-state index in [1.165, 1.54) is 5.56 Å². The molecule has 0 aliphatic rings. The highest BCUT2D eigenvalue weighted by atomic mass is 16.5. The third kappa shape index (κ3) is 2.59. The normalized spacial score (nSPS) is 11.8. The zero-order valence-electron chi connectivity index (χ0n) is 12.9. The summed E-state index contributed by atoms with van der Waals surface area (Å²) in [5, 5.41) is 8.15. The lowest BCUT2D eigenvalue weighted by molar-refractivity contribution is 0.306. The van der Waals surface area contributed by atoms with E-state index in [1.54, 1.807) is 17.9 Å². The van der Waals surface area contributed by atoms with Crippen LogP contribution in [0, 0.1) is 0 Å². The van der Waals surface area contributed by atoms with Crippen molar-refractivity contribution in [3.05, 3.63) is 48.0 Å². The van der Waals surface area contributed by atoms with Crippen molar-refractivity contribution in [3.8, 4) is 11.4 Å². The molecule has 0 atom stereocenters. The Morgan fingerprint density at radius 1 is 1.23 bits per heavy atom. The van der Waals surface area contributed by atoms with Gasteiger partial charge in [-0.3, -0.25) is 4.68 Å². The van der Waals surface area contributed by atoms with Gasteiger partial charge < -0.3 is 10.3 Å². The molecule has 0 aliphatic carbocycles. The van der Waals surface area contributed by atoms with Crippen LogP contribution in [0.15, 0.2) is 41.1 Å². The molecular formula is C16H19N5O. The van der Waals surface area contributed by atoms with Gasteiger partial charge in [0.15, 0.2) is 0 Å². The summed E-state index contributed by atoms with van der Waals surface area (Å²) in [5.74, 6) is 1.59. The number of nitrogens with two attached hydrogens (primary N) is 1. The number of nitrogen functional groups attached to an aromatic ring is 1. The largest absolute Gasteiger partial charge is 0.383 e. The van der Waals surface area contributed by atoms with Gasteiger partial charge >= 0.3 is 0 Å². The van der Waals surface area contributed by atoms with Crippen molar-refractivity contribution >= 4 is 5.82 Å². The summed E-state index contributed by atoms with van der Waals surface area (Å²) >= 11 is 0. The first-order valence-electron chi connectivity index (χ1n) is 7.13. The molecule has 2 aromatic heterocycles. The summed E-state index contributed by atoms with van der Waals surface area (Å²) in [7, 11) is 1.78. The first-order valence-corrected chi connectivity index (χ1v) is 7.13. The summed E-state index contributed by atoms with van der Waals surface area (Å²) in [6.45, 7) is 4.17. The van der Waals surface area contributed by atoms with E-state index in [9.17, 15) is 0 Å². The van der Waals surface area contributed by atoms with Gasteiger partial charge in [0.1, 0.15) is 5.82 Å². The lowest BCUT2D eigenvalue weighted by atomic mass is 9.85. The molecule has 3 rings (SSSR count). The van der Waals surface area contributed by atoms with E-state index in [2.05, 4.69) is 41.2 Å². The number of hydrogen-bond donors (Lipinski definition) is 1. The molecule has 0 aliphatic heterocycles. The van der Waals surface area contributed by atoms with Crippen molar-refractivity contribution in [1.82, 2.24) is 19.9 Å². The topological polar surface area (TPSA) is 82.8 Å². The third-order valence-electron chi connectivity index (χ3n) is 3.72. The molecule has 0 fully saturated rings. The Kier molecular flexibility index (Phi) is 3.44.